The Kier molecular flexibility index (Phi) is 4.15. The third-order valence-electron chi connectivity index (χ3n) is 2.78. The first-order valence-electron chi connectivity index (χ1n) is 5.92. The van der Waals surface area contributed by atoms with E-state index in [1.54, 1.807) is 6.20 Å². The predicted molar refractivity (Wildman–Crippen MR) is 76.4 cm³/mol. The number of aromatic nitrogens is 1. The van der Waals surface area contributed by atoms with Crippen LogP contribution >= 0.6 is 15.9 Å². The van der Waals surface area contributed by atoms with Gasteiger partial charge in [0.1, 0.15) is 0 Å². The Balaban J connectivity index is 2.05. The molecule has 0 spiro atoms. The van der Waals surface area contributed by atoms with Crippen molar-refractivity contribution in [3.8, 4) is 0 Å². The molecule has 1 heterocycles. The molecule has 0 aliphatic carbocycles. The minimum atomic E-state index is -0.776. The molecule has 0 saturated heterocycles. The lowest BCUT2D eigenvalue weighted by Gasteiger charge is -2.23. The van der Waals surface area contributed by atoms with Gasteiger partial charge in [-0.15, -0.1) is 0 Å². The molecule has 94 valence electrons. The van der Waals surface area contributed by atoms with Gasteiger partial charge in [-0.05, 0) is 40.5 Å². The SMILES string of the molecule is CC(O)(Cc1ccccc1)Cc1ccc(Br)cn1. The van der Waals surface area contributed by atoms with E-state index in [-0.39, 0.29) is 0 Å². The number of hydrogen-bond acceptors (Lipinski definition) is 2. The molecule has 1 atom stereocenters. The largest absolute Gasteiger partial charge is 0.389 e. The second-order valence-corrected chi connectivity index (χ2v) is 5.72. The van der Waals surface area contributed by atoms with Crippen molar-refractivity contribution in [2.24, 2.45) is 0 Å². The van der Waals surface area contributed by atoms with Crippen molar-refractivity contribution in [1.82, 2.24) is 4.98 Å². The van der Waals surface area contributed by atoms with Crippen molar-refractivity contribution >= 4 is 15.9 Å². The Labute approximate surface area is 116 Å². The van der Waals surface area contributed by atoms with E-state index in [1.165, 1.54) is 0 Å². The molecule has 1 aromatic heterocycles. The van der Waals surface area contributed by atoms with E-state index in [4.69, 9.17) is 0 Å². The van der Waals surface area contributed by atoms with Gasteiger partial charge in [0.15, 0.2) is 0 Å². The highest BCUT2D eigenvalue weighted by atomic mass is 79.9. The molecule has 0 saturated carbocycles. The second kappa shape index (κ2) is 5.63. The molecule has 1 N–H and O–H groups in total. The van der Waals surface area contributed by atoms with Crippen LogP contribution in [0.25, 0.3) is 0 Å². The molecule has 0 amide bonds. The number of halogens is 1. The lowest BCUT2D eigenvalue weighted by Crippen LogP contribution is -2.30. The van der Waals surface area contributed by atoms with Gasteiger partial charge in [-0.2, -0.15) is 0 Å². The zero-order valence-electron chi connectivity index (χ0n) is 10.3. The monoisotopic (exact) mass is 305 g/mol. The summed E-state index contributed by atoms with van der Waals surface area (Å²) in [5.41, 5.74) is 1.26. The van der Waals surface area contributed by atoms with E-state index in [1.807, 2.05) is 49.4 Å². The molecule has 2 nitrogen and oxygen atoms in total. The molecule has 1 aromatic carbocycles. The quantitative estimate of drug-likeness (QED) is 0.939. The zero-order chi connectivity index (χ0) is 13.0. The number of aliphatic hydroxyl groups is 1. The van der Waals surface area contributed by atoms with Crippen LogP contribution in [0.15, 0.2) is 53.1 Å². The van der Waals surface area contributed by atoms with Gasteiger partial charge in [-0.1, -0.05) is 30.3 Å². The van der Waals surface area contributed by atoms with Crippen molar-refractivity contribution in [2.75, 3.05) is 0 Å². The van der Waals surface area contributed by atoms with E-state index < -0.39 is 5.60 Å². The molecule has 0 aliphatic heterocycles. The summed E-state index contributed by atoms with van der Waals surface area (Å²) in [6.07, 6.45) is 2.94. The fourth-order valence-electron chi connectivity index (χ4n) is 2.00. The maximum Gasteiger partial charge on any atom is 0.0715 e. The van der Waals surface area contributed by atoms with E-state index in [0.29, 0.717) is 12.8 Å². The number of hydrogen-bond donors (Lipinski definition) is 1. The number of rotatable bonds is 4. The van der Waals surface area contributed by atoms with Gasteiger partial charge >= 0.3 is 0 Å². The van der Waals surface area contributed by atoms with Crippen LogP contribution in [0.4, 0.5) is 0 Å². The van der Waals surface area contributed by atoms with Crippen LogP contribution in [0.3, 0.4) is 0 Å². The third kappa shape index (κ3) is 3.93. The Morgan fingerprint density at radius 3 is 2.44 bits per heavy atom. The second-order valence-electron chi connectivity index (χ2n) is 4.80. The maximum atomic E-state index is 10.4. The molecule has 18 heavy (non-hydrogen) atoms. The van der Waals surface area contributed by atoms with Crippen LogP contribution in [0.1, 0.15) is 18.2 Å². The fourth-order valence-corrected chi connectivity index (χ4v) is 2.23. The smallest absolute Gasteiger partial charge is 0.0715 e. The Morgan fingerprint density at radius 1 is 1.11 bits per heavy atom. The molecule has 2 aromatic rings. The Hall–Kier alpha value is -1.19. The molecular formula is C15H16BrNO. The predicted octanol–water partition coefficient (Wildman–Crippen LogP) is 3.38. The van der Waals surface area contributed by atoms with Crippen molar-refractivity contribution in [3.63, 3.8) is 0 Å². The topological polar surface area (TPSA) is 33.1 Å². The van der Waals surface area contributed by atoms with Gasteiger partial charge in [-0.25, -0.2) is 0 Å². The maximum absolute atomic E-state index is 10.4. The molecule has 0 radical (unpaired) electrons. The van der Waals surface area contributed by atoms with E-state index in [2.05, 4.69) is 20.9 Å². The summed E-state index contributed by atoms with van der Waals surface area (Å²) >= 11 is 3.35. The van der Waals surface area contributed by atoms with Gasteiger partial charge in [0.2, 0.25) is 0 Å². The van der Waals surface area contributed by atoms with Crippen LogP contribution in [0.5, 0.6) is 0 Å². The first kappa shape index (κ1) is 13.2. The van der Waals surface area contributed by atoms with E-state index >= 15 is 0 Å². The molecule has 3 heteroatoms. The normalized spacial score (nSPS) is 14.2. The van der Waals surface area contributed by atoms with Crippen LogP contribution in [-0.4, -0.2) is 15.7 Å². The average Bonchev–Trinajstić information content (AvgIpc) is 2.32. The lowest BCUT2D eigenvalue weighted by atomic mass is 9.92. The van der Waals surface area contributed by atoms with E-state index in [9.17, 15) is 5.11 Å². The highest BCUT2D eigenvalue weighted by Crippen LogP contribution is 2.18. The van der Waals surface area contributed by atoms with Crippen molar-refractivity contribution in [3.05, 3.63) is 64.4 Å². The molecular weight excluding hydrogens is 290 g/mol. The number of nitrogens with zero attached hydrogens (tertiary/aromatic N) is 1. The van der Waals surface area contributed by atoms with Crippen LogP contribution < -0.4 is 0 Å². The Morgan fingerprint density at radius 2 is 1.83 bits per heavy atom. The summed E-state index contributed by atoms with van der Waals surface area (Å²) in [5, 5.41) is 10.4. The van der Waals surface area contributed by atoms with Crippen LogP contribution in [0, 0.1) is 0 Å². The molecule has 0 bridgehead atoms. The number of benzene rings is 1. The first-order chi connectivity index (χ1) is 8.55. The molecule has 0 aliphatic rings. The highest BCUT2D eigenvalue weighted by Gasteiger charge is 2.22. The average molecular weight is 306 g/mol. The minimum Gasteiger partial charge on any atom is -0.389 e. The van der Waals surface area contributed by atoms with Gasteiger partial charge in [0.25, 0.3) is 0 Å². The summed E-state index contributed by atoms with van der Waals surface area (Å²) in [6, 6.07) is 13.9. The van der Waals surface area contributed by atoms with Crippen molar-refractivity contribution < 1.29 is 5.11 Å². The third-order valence-corrected chi connectivity index (χ3v) is 3.25. The highest BCUT2D eigenvalue weighted by molar-refractivity contribution is 9.10. The van der Waals surface area contributed by atoms with Crippen LogP contribution in [0.2, 0.25) is 0 Å². The molecule has 2 rings (SSSR count). The van der Waals surface area contributed by atoms with E-state index in [0.717, 1.165) is 15.7 Å². The standard InChI is InChI=1S/C15H16BrNO/c1-15(18,9-12-5-3-2-4-6-12)10-14-8-7-13(16)11-17-14/h2-8,11,18H,9-10H2,1H3. The summed E-state index contributed by atoms with van der Waals surface area (Å²) < 4.78 is 0.953. The van der Waals surface area contributed by atoms with Crippen LogP contribution in [-0.2, 0) is 12.8 Å². The lowest BCUT2D eigenvalue weighted by molar-refractivity contribution is 0.0598. The summed E-state index contributed by atoms with van der Waals surface area (Å²) in [6.45, 7) is 1.85. The van der Waals surface area contributed by atoms with Crippen molar-refractivity contribution in [1.29, 1.82) is 0 Å². The van der Waals surface area contributed by atoms with Gasteiger partial charge in [-0.3, -0.25) is 4.98 Å². The summed E-state index contributed by atoms with van der Waals surface area (Å²) in [7, 11) is 0. The zero-order valence-corrected chi connectivity index (χ0v) is 11.9. The number of pyridine rings is 1. The summed E-state index contributed by atoms with van der Waals surface area (Å²) in [5.74, 6) is 0. The first-order valence-corrected chi connectivity index (χ1v) is 6.71. The fraction of sp³-hybridized carbons (Fsp3) is 0.267. The van der Waals surface area contributed by atoms with Gasteiger partial charge in [0, 0.05) is 29.2 Å². The van der Waals surface area contributed by atoms with Gasteiger partial charge < -0.3 is 5.11 Å². The summed E-state index contributed by atoms with van der Waals surface area (Å²) in [4.78, 5) is 4.30. The molecule has 1 unspecified atom stereocenters. The van der Waals surface area contributed by atoms with Gasteiger partial charge in [0.05, 0.1) is 5.60 Å². The molecule has 0 fully saturated rings. The Bertz CT molecular complexity index is 494. The van der Waals surface area contributed by atoms with Crippen molar-refractivity contribution in [2.45, 2.75) is 25.4 Å². The minimum absolute atomic E-state index is 0.551.